The third kappa shape index (κ3) is 4.25. The summed E-state index contributed by atoms with van der Waals surface area (Å²) in [6.07, 6.45) is 1.51. The zero-order valence-corrected chi connectivity index (χ0v) is 13.0. The fourth-order valence-corrected chi connectivity index (χ4v) is 3.21. The monoisotopic (exact) mass is 311 g/mol. The lowest BCUT2D eigenvalue weighted by Crippen LogP contribution is -2.23. The van der Waals surface area contributed by atoms with Crippen molar-refractivity contribution < 1.29 is 13.5 Å². The summed E-state index contributed by atoms with van der Waals surface area (Å²) < 4.78 is 32.0. The van der Waals surface area contributed by atoms with Crippen molar-refractivity contribution in [2.24, 2.45) is 0 Å². The summed E-state index contributed by atoms with van der Waals surface area (Å²) in [5.41, 5.74) is 0.636. The van der Waals surface area contributed by atoms with E-state index in [2.05, 4.69) is 12.2 Å². The lowest BCUT2D eigenvalue weighted by molar-refractivity contribution is 0.402. The highest BCUT2D eigenvalue weighted by Crippen LogP contribution is 2.33. The Morgan fingerprint density at radius 2 is 1.95 bits per heavy atom. The SMILES string of the molecule is CCCNC(Cc1cc(F)cc(F)c1)c1sccc1OC. The van der Waals surface area contributed by atoms with Crippen molar-refractivity contribution in [3.63, 3.8) is 0 Å². The molecule has 2 aromatic rings. The normalized spacial score (nSPS) is 12.4. The molecule has 0 aliphatic heterocycles. The Balaban J connectivity index is 2.23. The van der Waals surface area contributed by atoms with Crippen LogP contribution >= 0.6 is 11.3 Å². The number of hydrogen-bond donors (Lipinski definition) is 1. The third-order valence-corrected chi connectivity index (χ3v) is 4.21. The van der Waals surface area contributed by atoms with Crippen molar-refractivity contribution >= 4 is 11.3 Å². The van der Waals surface area contributed by atoms with E-state index in [9.17, 15) is 8.78 Å². The van der Waals surface area contributed by atoms with Crippen LogP contribution in [-0.2, 0) is 6.42 Å². The molecule has 0 radical (unpaired) electrons. The van der Waals surface area contributed by atoms with E-state index in [1.54, 1.807) is 18.4 Å². The van der Waals surface area contributed by atoms with Crippen molar-refractivity contribution in [1.82, 2.24) is 5.32 Å². The maximum absolute atomic E-state index is 13.3. The van der Waals surface area contributed by atoms with Gasteiger partial charge in [-0.15, -0.1) is 11.3 Å². The molecule has 0 fully saturated rings. The molecular formula is C16H19F2NOS. The lowest BCUT2D eigenvalue weighted by atomic mass is 10.0. The van der Waals surface area contributed by atoms with E-state index in [0.717, 1.165) is 29.7 Å². The Bertz CT molecular complexity index is 565. The van der Waals surface area contributed by atoms with E-state index >= 15 is 0 Å². The first-order chi connectivity index (χ1) is 10.1. The molecule has 0 aliphatic rings. The molecule has 2 nitrogen and oxygen atoms in total. The van der Waals surface area contributed by atoms with Gasteiger partial charge < -0.3 is 10.1 Å². The molecule has 1 N–H and O–H groups in total. The fourth-order valence-electron chi connectivity index (χ4n) is 2.27. The van der Waals surface area contributed by atoms with Crippen molar-refractivity contribution in [2.75, 3.05) is 13.7 Å². The zero-order valence-electron chi connectivity index (χ0n) is 12.2. The minimum atomic E-state index is -0.544. The molecule has 5 heteroatoms. The minimum absolute atomic E-state index is 0.0129. The predicted octanol–water partition coefficient (Wildman–Crippen LogP) is 4.32. The predicted molar refractivity (Wildman–Crippen MR) is 82.0 cm³/mol. The van der Waals surface area contributed by atoms with Crippen molar-refractivity contribution in [3.05, 3.63) is 51.7 Å². The molecule has 2 rings (SSSR count). The van der Waals surface area contributed by atoms with E-state index in [-0.39, 0.29) is 6.04 Å². The second-order valence-electron chi connectivity index (χ2n) is 4.84. The first-order valence-corrected chi connectivity index (χ1v) is 7.81. The summed E-state index contributed by atoms with van der Waals surface area (Å²) in [4.78, 5) is 1.05. The van der Waals surface area contributed by atoms with E-state index in [1.807, 2.05) is 11.4 Å². The van der Waals surface area contributed by atoms with Crippen molar-refractivity contribution in [3.8, 4) is 5.75 Å². The van der Waals surface area contributed by atoms with Crippen LogP contribution in [0.25, 0.3) is 0 Å². The van der Waals surface area contributed by atoms with Gasteiger partial charge in [0.2, 0.25) is 0 Å². The number of hydrogen-bond acceptors (Lipinski definition) is 3. The molecule has 1 aromatic carbocycles. The van der Waals surface area contributed by atoms with Gasteiger partial charge in [-0.1, -0.05) is 6.92 Å². The smallest absolute Gasteiger partial charge is 0.134 e. The highest BCUT2D eigenvalue weighted by Gasteiger charge is 2.18. The van der Waals surface area contributed by atoms with Crippen LogP contribution in [0.15, 0.2) is 29.6 Å². The number of rotatable bonds is 7. The summed E-state index contributed by atoms with van der Waals surface area (Å²) in [6, 6.07) is 5.55. The maximum Gasteiger partial charge on any atom is 0.134 e. The Kier molecular flexibility index (Phi) is 5.70. The van der Waals surface area contributed by atoms with Gasteiger partial charge in [0.15, 0.2) is 0 Å². The summed E-state index contributed by atoms with van der Waals surface area (Å²) in [6.45, 7) is 2.92. The largest absolute Gasteiger partial charge is 0.496 e. The molecule has 0 bridgehead atoms. The second kappa shape index (κ2) is 7.52. The van der Waals surface area contributed by atoms with Gasteiger partial charge in [-0.2, -0.15) is 0 Å². The number of thiophene rings is 1. The molecule has 21 heavy (non-hydrogen) atoms. The van der Waals surface area contributed by atoms with Gasteiger partial charge in [-0.25, -0.2) is 8.78 Å². The Labute approximate surface area is 127 Å². The Hall–Kier alpha value is -1.46. The van der Waals surface area contributed by atoms with E-state index in [1.165, 1.54) is 12.1 Å². The Morgan fingerprint density at radius 3 is 2.57 bits per heavy atom. The quantitative estimate of drug-likeness (QED) is 0.822. The van der Waals surface area contributed by atoms with Crippen LogP contribution in [0.5, 0.6) is 5.75 Å². The molecule has 0 aliphatic carbocycles. The molecule has 1 heterocycles. The molecular weight excluding hydrogens is 292 g/mol. The van der Waals surface area contributed by atoms with Crippen molar-refractivity contribution in [2.45, 2.75) is 25.8 Å². The van der Waals surface area contributed by atoms with Gasteiger partial charge in [-0.3, -0.25) is 0 Å². The van der Waals surface area contributed by atoms with Crippen molar-refractivity contribution in [1.29, 1.82) is 0 Å². The highest BCUT2D eigenvalue weighted by molar-refractivity contribution is 7.10. The van der Waals surface area contributed by atoms with Crippen LogP contribution in [0.4, 0.5) is 8.78 Å². The molecule has 1 aromatic heterocycles. The standard InChI is InChI=1S/C16H19F2NOS/c1-3-5-19-14(16-15(20-2)4-6-21-16)9-11-7-12(17)10-13(18)8-11/h4,6-8,10,14,19H,3,5,9H2,1-2H3. The average Bonchev–Trinajstić information content (AvgIpc) is 2.90. The number of ether oxygens (including phenoxy) is 1. The van der Waals surface area contributed by atoms with E-state index in [4.69, 9.17) is 4.74 Å². The average molecular weight is 311 g/mol. The molecule has 0 saturated carbocycles. The maximum atomic E-state index is 13.3. The van der Waals surface area contributed by atoms with Gasteiger partial charge in [0.05, 0.1) is 12.0 Å². The van der Waals surface area contributed by atoms with E-state index in [0.29, 0.717) is 12.0 Å². The molecule has 1 unspecified atom stereocenters. The van der Waals surface area contributed by atoms with Crippen LogP contribution in [0.3, 0.4) is 0 Å². The third-order valence-electron chi connectivity index (χ3n) is 3.20. The lowest BCUT2D eigenvalue weighted by Gasteiger charge is -2.19. The van der Waals surface area contributed by atoms with E-state index < -0.39 is 11.6 Å². The van der Waals surface area contributed by atoms with Gasteiger partial charge in [0.1, 0.15) is 17.4 Å². The summed E-state index contributed by atoms with van der Waals surface area (Å²) in [5.74, 6) is -0.278. The second-order valence-corrected chi connectivity index (χ2v) is 5.79. The Morgan fingerprint density at radius 1 is 1.24 bits per heavy atom. The molecule has 1 atom stereocenters. The highest BCUT2D eigenvalue weighted by atomic mass is 32.1. The number of methoxy groups -OCH3 is 1. The molecule has 0 amide bonds. The zero-order chi connectivity index (χ0) is 15.2. The van der Waals surface area contributed by atoms with Crippen LogP contribution in [0.1, 0.15) is 29.8 Å². The molecule has 0 spiro atoms. The topological polar surface area (TPSA) is 21.3 Å². The van der Waals surface area contributed by atoms with Crippen LogP contribution < -0.4 is 10.1 Å². The van der Waals surface area contributed by atoms with Gasteiger partial charge in [-0.05, 0) is 48.5 Å². The first kappa shape index (κ1) is 15.9. The van der Waals surface area contributed by atoms with Crippen LogP contribution in [-0.4, -0.2) is 13.7 Å². The summed E-state index contributed by atoms with van der Waals surface area (Å²) >= 11 is 1.59. The number of halogens is 2. The van der Waals surface area contributed by atoms with Gasteiger partial charge in [0, 0.05) is 12.1 Å². The summed E-state index contributed by atoms with van der Waals surface area (Å²) in [7, 11) is 1.63. The van der Waals surface area contributed by atoms with Gasteiger partial charge >= 0.3 is 0 Å². The first-order valence-electron chi connectivity index (χ1n) is 6.93. The van der Waals surface area contributed by atoms with Gasteiger partial charge in [0.25, 0.3) is 0 Å². The fraction of sp³-hybridized carbons (Fsp3) is 0.375. The van der Waals surface area contributed by atoms with Crippen LogP contribution in [0.2, 0.25) is 0 Å². The summed E-state index contributed by atoms with van der Waals surface area (Å²) in [5, 5.41) is 5.38. The van der Waals surface area contributed by atoms with Crippen LogP contribution in [0, 0.1) is 11.6 Å². The number of benzene rings is 1. The number of nitrogens with one attached hydrogen (secondary N) is 1. The minimum Gasteiger partial charge on any atom is -0.496 e. The molecule has 114 valence electrons. The molecule has 0 saturated heterocycles.